The fourth-order valence-corrected chi connectivity index (χ4v) is 3.31. The van der Waals surface area contributed by atoms with E-state index in [1.54, 1.807) is 0 Å². The van der Waals surface area contributed by atoms with Crippen molar-refractivity contribution in [2.24, 2.45) is 11.7 Å². The zero-order chi connectivity index (χ0) is 11.3. The molecule has 1 saturated carbocycles. The van der Waals surface area contributed by atoms with Gasteiger partial charge in [0.15, 0.2) is 0 Å². The topological polar surface area (TPSA) is 72.2 Å². The summed E-state index contributed by atoms with van der Waals surface area (Å²) in [5.74, 6) is 0.245. The van der Waals surface area contributed by atoms with E-state index in [4.69, 9.17) is 5.73 Å². The van der Waals surface area contributed by atoms with Gasteiger partial charge in [-0.1, -0.05) is 31.5 Å². The number of sulfonamides is 1. The van der Waals surface area contributed by atoms with Crippen LogP contribution in [0, 0.1) is 5.92 Å². The lowest BCUT2D eigenvalue weighted by molar-refractivity contribution is 0.357. The Morgan fingerprint density at radius 2 is 1.93 bits per heavy atom. The summed E-state index contributed by atoms with van der Waals surface area (Å²) in [7, 11) is -3.30. The van der Waals surface area contributed by atoms with Crippen molar-refractivity contribution >= 4 is 27.2 Å². The molecule has 3 N–H and O–H groups in total. The van der Waals surface area contributed by atoms with Crippen LogP contribution in [0.3, 0.4) is 0 Å². The second kappa shape index (κ2) is 5.77. The molecule has 88 valence electrons. The van der Waals surface area contributed by atoms with Crippen LogP contribution in [-0.2, 0) is 10.0 Å². The van der Waals surface area contributed by atoms with E-state index in [1.807, 2.05) is 0 Å². The van der Waals surface area contributed by atoms with Crippen LogP contribution >= 0.6 is 12.2 Å². The summed E-state index contributed by atoms with van der Waals surface area (Å²) in [6.45, 7) is 0.533. The Morgan fingerprint density at radius 1 is 1.33 bits per heavy atom. The van der Waals surface area contributed by atoms with E-state index >= 15 is 0 Å². The Kier molecular flexibility index (Phi) is 4.95. The summed E-state index contributed by atoms with van der Waals surface area (Å²) < 4.78 is 25.4. The summed E-state index contributed by atoms with van der Waals surface area (Å²) in [6.07, 6.45) is 5.94. The number of thiocarbonyl (C=S) groups is 1. The van der Waals surface area contributed by atoms with Crippen molar-refractivity contribution < 1.29 is 8.42 Å². The average Bonchev–Trinajstić information content (AvgIpc) is 2.15. The molecule has 0 saturated heterocycles. The number of rotatable bonds is 5. The summed E-state index contributed by atoms with van der Waals surface area (Å²) in [4.78, 5) is 0.0196. The average molecular weight is 250 g/mol. The quantitative estimate of drug-likeness (QED) is 0.707. The maximum Gasteiger partial charge on any atom is 0.218 e. The molecule has 0 unspecified atom stereocenters. The van der Waals surface area contributed by atoms with Gasteiger partial charge in [0.25, 0.3) is 0 Å². The minimum Gasteiger partial charge on any atom is -0.392 e. The molecule has 0 bridgehead atoms. The van der Waals surface area contributed by atoms with Crippen LogP contribution in [0.5, 0.6) is 0 Å². The molecule has 0 aromatic carbocycles. The van der Waals surface area contributed by atoms with Crippen LogP contribution in [-0.4, -0.2) is 25.7 Å². The zero-order valence-corrected chi connectivity index (χ0v) is 10.4. The SMILES string of the molecule is NC(=S)CS(=O)(=O)NCC1CCCCC1. The van der Waals surface area contributed by atoms with Crippen LogP contribution < -0.4 is 10.5 Å². The van der Waals surface area contributed by atoms with Gasteiger partial charge in [-0.2, -0.15) is 0 Å². The van der Waals surface area contributed by atoms with E-state index in [0.717, 1.165) is 12.8 Å². The summed E-state index contributed by atoms with van der Waals surface area (Å²) in [6, 6.07) is 0. The molecule has 1 aliphatic rings. The van der Waals surface area contributed by atoms with Crippen LogP contribution in [0.2, 0.25) is 0 Å². The van der Waals surface area contributed by atoms with Crippen molar-refractivity contribution in [2.45, 2.75) is 32.1 Å². The maximum absolute atomic E-state index is 11.4. The minimum absolute atomic E-state index is 0.0196. The molecule has 0 heterocycles. The van der Waals surface area contributed by atoms with Crippen molar-refractivity contribution in [1.82, 2.24) is 4.72 Å². The molecule has 0 aromatic heterocycles. The first-order valence-corrected chi connectivity index (χ1v) is 7.31. The monoisotopic (exact) mass is 250 g/mol. The van der Waals surface area contributed by atoms with Crippen LogP contribution in [0.25, 0.3) is 0 Å². The van der Waals surface area contributed by atoms with E-state index in [0.29, 0.717) is 12.5 Å². The first kappa shape index (κ1) is 12.9. The Bertz CT molecular complexity index is 308. The molecular formula is C9H18N2O2S2. The van der Waals surface area contributed by atoms with Gasteiger partial charge >= 0.3 is 0 Å². The summed E-state index contributed by atoms with van der Waals surface area (Å²) in [5.41, 5.74) is 5.20. The third-order valence-electron chi connectivity index (χ3n) is 2.65. The second-order valence-electron chi connectivity index (χ2n) is 4.08. The first-order valence-electron chi connectivity index (χ1n) is 5.25. The van der Waals surface area contributed by atoms with Gasteiger partial charge in [-0.15, -0.1) is 0 Å². The maximum atomic E-state index is 11.4. The lowest BCUT2D eigenvalue weighted by Crippen LogP contribution is -2.35. The first-order chi connectivity index (χ1) is 6.99. The zero-order valence-electron chi connectivity index (χ0n) is 8.74. The highest BCUT2D eigenvalue weighted by Gasteiger charge is 2.17. The number of nitrogens with two attached hydrogens (primary N) is 1. The van der Waals surface area contributed by atoms with Gasteiger partial charge in [0, 0.05) is 6.54 Å². The van der Waals surface area contributed by atoms with Gasteiger partial charge in [0.05, 0.1) is 4.99 Å². The Hall–Kier alpha value is -0.200. The van der Waals surface area contributed by atoms with Gasteiger partial charge in [-0.05, 0) is 18.8 Å². The van der Waals surface area contributed by atoms with Crippen LogP contribution in [0.15, 0.2) is 0 Å². The molecule has 6 heteroatoms. The lowest BCUT2D eigenvalue weighted by atomic mass is 9.90. The molecular weight excluding hydrogens is 232 g/mol. The van der Waals surface area contributed by atoms with Crippen molar-refractivity contribution in [2.75, 3.05) is 12.3 Å². The fraction of sp³-hybridized carbons (Fsp3) is 0.889. The molecule has 0 aromatic rings. The highest BCUT2D eigenvalue weighted by Crippen LogP contribution is 2.22. The predicted octanol–water partition coefficient (Wildman–Crippen LogP) is 0.772. The molecule has 15 heavy (non-hydrogen) atoms. The molecule has 0 aliphatic heterocycles. The second-order valence-corrected chi connectivity index (χ2v) is 6.41. The Balaban J connectivity index is 2.31. The molecule has 4 nitrogen and oxygen atoms in total. The number of hydrogen-bond donors (Lipinski definition) is 2. The molecule has 1 rings (SSSR count). The smallest absolute Gasteiger partial charge is 0.218 e. The third-order valence-corrected chi connectivity index (χ3v) is 4.27. The van der Waals surface area contributed by atoms with E-state index in [-0.39, 0.29) is 10.7 Å². The highest BCUT2D eigenvalue weighted by molar-refractivity contribution is 7.92. The van der Waals surface area contributed by atoms with Gasteiger partial charge in [0.1, 0.15) is 5.75 Å². The van der Waals surface area contributed by atoms with Crippen molar-refractivity contribution in [3.8, 4) is 0 Å². The Morgan fingerprint density at radius 3 is 2.47 bits per heavy atom. The number of nitrogens with one attached hydrogen (secondary N) is 1. The van der Waals surface area contributed by atoms with E-state index in [2.05, 4.69) is 16.9 Å². The minimum atomic E-state index is -3.30. The van der Waals surface area contributed by atoms with Crippen LogP contribution in [0.4, 0.5) is 0 Å². The van der Waals surface area contributed by atoms with E-state index in [1.165, 1.54) is 19.3 Å². The summed E-state index contributed by atoms with van der Waals surface area (Å²) in [5, 5.41) is 0. The normalized spacial score (nSPS) is 18.9. The predicted molar refractivity (Wildman–Crippen MR) is 65.1 cm³/mol. The molecule has 0 radical (unpaired) electrons. The molecule has 0 amide bonds. The van der Waals surface area contributed by atoms with Crippen molar-refractivity contribution in [3.63, 3.8) is 0 Å². The van der Waals surface area contributed by atoms with Gasteiger partial charge in [0.2, 0.25) is 10.0 Å². The summed E-state index contributed by atoms with van der Waals surface area (Å²) >= 11 is 4.57. The van der Waals surface area contributed by atoms with Crippen molar-refractivity contribution in [3.05, 3.63) is 0 Å². The van der Waals surface area contributed by atoms with E-state index < -0.39 is 10.0 Å². The standard InChI is InChI=1S/C9H18N2O2S2/c10-9(14)7-15(12,13)11-6-8-4-2-1-3-5-8/h8,11H,1-7H2,(H2,10,14). The molecule has 0 spiro atoms. The van der Waals surface area contributed by atoms with Gasteiger partial charge in [-0.3, -0.25) is 0 Å². The van der Waals surface area contributed by atoms with E-state index in [9.17, 15) is 8.42 Å². The highest BCUT2D eigenvalue weighted by atomic mass is 32.2. The lowest BCUT2D eigenvalue weighted by Gasteiger charge is -2.21. The molecule has 1 fully saturated rings. The number of hydrogen-bond acceptors (Lipinski definition) is 3. The molecule has 1 aliphatic carbocycles. The Labute approximate surface area is 96.7 Å². The van der Waals surface area contributed by atoms with Gasteiger partial charge < -0.3 is 5.73 Å². The largest absolute Gasteiger partial charge is 0.392 e. The molecule has 0 atom stereocenters. The van der Waals surface area contributed by atoms with Gasteiger partial charge in [-0.25, -0.2) is 13.1 Å². The van der Waals surface area contributed by atoms with Crippen molar-refractivity contribution in [1.29, 1.82) is 0 Å². The van der Waals surface area contributed by atoms with Crippen LogP contribution in [0.1, 0.15) is 32.1 Å². The third kappa shape index (κ3) is 5.44. The fourth-order valence-electron chi connectivity index (χ4n) is 1.87.